The Bertz CT molecular complexity index is 115. The van der Waals surface area contributed by atoms with Crippen LogP contribution in [0.25, 0.3) is 0 Å². The molecule has 0 aromatic heterocycles. The second-order valence-electron chi connectivity index (χ2n) is 4.13. The van der Waals surface area contributed by atoms with Crippen molar-refractivity contribution in [3.05, 3.63) is 0 Å². The lowest BCUT2D eigenvalue weighted by Crippen LogP contribution is -2.40. The molecule has 72 valence electrons. The lowest BCUT2D eigenvalue weighted by atomic mass is 9.94. The van der Waals surface area contributed by atoms with Gasteiger partial charge in [0, 0.05) is 12.6 Å². The van der Waals surface area contributed by atoms with Crippen LogP contribution in [0.5, 0.6) is 0 Å². The molecule has 2 heteroatoms. The van der Waals surface area contributed by atoms with E-state index in [-0.39, 0.29) is 0 Å². The summed E-state index contributed by atoms with van der Waals surface area (Å²) >= 11 is 0. The molecule has 0 radical (unpaired) electrons. The van der Waals surface area contributed by atoms with Crippen molar-refractivity contribution < 1.29 is 0 Å². The van der Waals surface area contributed by atoms with Crippen LogP contribution in [0.3, 0.4) is 0 Å². The van der Waals surface area contributed by atoms with Crippen molar-refractivity contribution in [3.63, 3.8) is 0 Å². The fourth-order valence-electron chi connectivity index (χ4n) is 1.98. The molecule has 1 atom stereocenters. The molecule has 2 N–H and O–H groups in total. The van der Waals surface area contributed by atoms with E-state index in [1.54, 1.807) is 0 Å². The molecule has 1 fully saturated rings. The highest BCUT2D eigenvalue weighted by molar-refractivity contribution is 4.73. The first-order valence-electron chi connectivity index (χ1n) is 5.20. The summed E-state index contributed by atoms with van der Waals surface area (Å²) in [6, 6.07) is 0.336. The van der Waals surface area contributed by atoms with Gasteiger partial charge in [-0.2, -0.15) is 0 Å². The fourth-order valence-corrected chi connectivity index (χ4v) is 1.98. The Balaban J connectivity index is 2.17. The molecule has 1 rings (SSSR count). The molecule has 12 heavy (non-hydrogen) atoms. The third-order valence-corrected chi connectivity index (χ3v) is 2.83. The highest BCUT2D eigenvalue weighted by atomic mass is 15.1. The Morgan fingerprint density at radius 1 is 1.42 bits per heavy atom. The standard InChI is InChI=1S/C10H22N2/c1-3-10-4-6-12(7-5-10)8-9(2)11/h9-10H,3-8,11H2,1-2H3. The number of hydrogen-bond donors (Lipinski definition) is 1. The minimum atomic E-state index is 0.336. The normalized spacial score (nSPS) is 24.2. The van der Waals surface area contributed by atoms with Crippen molar-refractivity contribution in [1.29, 1.82) is 0 Å². The van der Waals surface area contributed by atoms with Gasteiger partial charge in [0.05, 0.1) is 0 Å². The predicted octanol–water partition coefficient (Wildman–Crippen LogP) is 1.46. The SMILES string of the molecule is CCC1CCN(CC(C)N)CC1. The van der Waals surface area contributed by atoms with Gasteiger partial charge in [-0.3, -0.25) is 0 Å². The van der Waals surface area contributed by atoms with Gasteiger partial charge in [-0.1, -0.05) is 13.3 Å². The molecular formula is C10H22N2. The van der Waals surface area contributed by atoms with E-state index in [2.05, 4.69) is 18.7 Å². The summed E-state index contributed by atoms with van der Waals surface area (Å²) in [7, 11) is 0. The van der Waals surface area contributed by atoms with Crippen LogP contribution in [0.4, 0.5) is 0 Å². The van der Waals surface area contributed by atoms with Crippen molar-refractivity contribution in [3.8, 4) is 0 Å². The Morgan fingerprint density at radius 2 is 2.00 bits per heavy atom. The lowest BCUT2D eigenvalue weighted by Gasteiger charge is -2.32. The summed E-state index contributed by atoms with van der Waals surface area (Å²) in [5, 5.41) is 0. The topological polar surface area (TPSA) is 29.3 Å². The van der Waals surface area contributed by atoms with Crippen LogP contribution in [0.15, 0.2) is 0 Å². The van der Waals surface area contributed by atoms with Crippen LogP contribution in [0, 0.1) is 5.92 Å². The Kier molecular flexibility index (Phi) is 4.02. The number of piperidine rings is 1. The Morgan fingerprint density at radius 3 is 2.42 bits per heavy atom. The quantitative estimate of drug-likeness (QED) is 0.694. The van der Waals surface area contributed by atoms with E-state index in [4.69, 9.17) is 5.73 Å². The fraction of sp³-hybridized carbons (Fsp3) is 1.00. The van der Waals surface area contributed by atoms with Crippen LogP contribution in [-0.4, -0.2) is 30.6 Å². The summed E-state index contributed by atoms with van der Waals surface area (Å²) in [6.07, 6.45) is 4.11. The number of nitrogens with zero attached hydrogens (tertiary/aromatic N) is 1. The Labute approximate surface area is 76.1 Å². The first-order chi connectivity index (χ1) is 5.72. The molecule has 1 aliphatic heterocycles. The number of hydrogen-bond acceptors (Lipinski definition) is 2. The third-order valence-electron chi connectivity index (χ3n) is 2.83. The van der Waals surface area contributed by atoms with E-state index in [1.807, 2.05) is 0 Å². The average Bonchev–Trinajstić information content (AvgIpc) is 2.05. The van der Waals surface area contributed by atoms with E-state index in [1.165, 1.54) is 32.4 Å². The van der Waals surface area contributed by atoms with Crippen molar-refractivity contribution in [1.82, 2.24) is 4.90 Å². The monoisotopic (exact) mass is 170 g/mol. The minimum Gasteiger partial charge on any atom is -0.327 e. The summed E-state index contributed by atoms with van der Waals surface area (Å²) < 4.78 is 0. The van der Waals surface area contributed by atoms with Crippen molar-refractivity contribution in [2.24, 2.45) is 11.7 Å². The molecule has 0 amide bonds. The smallest absolute Gasteiger partial charge is 0.0139 e. The van der Waals surface area contributed by atoms with Crippen molar-refractivity contribution >= 4 is 0 Å². The van der Waals surface area contributed by atoms with Crippen molar-refractivity contribution in [2.75, 3.05) is 19.6 Å². The zero-order valence-corrected chi connectivity index (χ0v) is 8.42. The molecule has 0 bridgehead atoms. The molecule has 1 saturated heterocycles. The maximum absolute atomic E-state index is 5.75. The van der Waals surface area contributed by atoms with Gasteiger partial charge < -0.3 is 10.6 Å². The molecule has 0 aromatic rings. The van der Waals surface area contributed by atoms with Crippen molar-refractivity contribution in [2.45, 2.75) is 39.2 Å². The molecule has 2 nitrogen and oxygen atoms in total. The number of rotatable bonds is 3. The average molecular weight is 170 g/mol. The van der Waals surface area contributed by atoms with Gasteiger partial charge in [0.1, 0.15) is 0 Å². The summed E-state index contributed by atoms with van der Waals surface area (Å²) in [4.78, 5) is 2.50. The minimum absolute atomic E-state index is 0.336. The molecule has 1 aliphatic rings. The van der Waals surface area contributed by atoms with E-state index < -0.39 is 0 Å². The van der Waals surface area contributed by atoms with Gasteiger partial charge in [0.2, 0.25) is 0 Å². The molecule has 1 heterocycles. The predicted molar refractivity (Wildman–Crippen MR) is 53.1 cm³/mol. The van der Waals surface area contributed by atoms with Gasteiger partial charge in [-0.05, 0) is 38.8 Å². The second kappa shape index (κ2) is 4.83. The molecule has 0 spiro atoms. The second-order valence-corrected chi connectivity index (χ2v) is 4.13. The number of likely N-dealkylation sites (tertiary alicyclic amines) is 1. The molecule has 0 saturated carbocycles. The summed E-state index contributed by atoms with van der Waals surface area (Å²) in [5.74, 6) is 0.981. The first-order valence-corrected chi connectivity index (χ1v) is 5.20. The van der Waals surface area contributed by atoms with Crippen LogP contribution >= 0.6 is 0 Å². The zero-order valence-electron chi connectivity index (χ0n) is 8.42. The van der Waals surface area contributed by atoms with E-state index in [0.717, 1.165) is 12.5 Å². The molecule has 0 aliphatic carbocycles. The highest BCUT2D eigenvalue weighted by Crippen LogP contribution is 2.19. The van der Waals surface area contributed by atoms with E-state index in [0.29, 0.717) is 6.04 Å². The Hall–Kier alpha value is -0.0800. The van der Waals surface area contributed by atoms with Crippen LogP contribution < -0.4 is 5.73 Å². The highest BCUT2D eigenvalue weighted by Gasteiger charge is 2.17. The maximum atomic E-state index is 5.75. The van der Waals surface area contributed by atoms with Crippen LogP contribution in [-0.2, 0) is 0 Å². The van der Waals surface area contributed by atoms with Crippen LogP contribution in [0.2, 0.25) is 0 Å². The lowest BCUT2D eigenvalue weighted by molar-refractivity contribution is 0.175. The summed E-state index contributed by atoms with van der Waals surface area (Å²) in [5.41, 5.74) is 5.75. The van der Waals surface area contributed by atoms with Crippen LogP contribution in [0.1, 0.15) is 33.1 Å². The zero-order chi connectivity index (χ0) is 8.97. The van der Waals surface area contributed by atoms with Gasteiger partial charge in [-0.25, -0.2) is 0 Å². The first kappa shape index (κ1) is 10.0. The van der Waals surface area contributed by atoms with Gasteiger partial charge >= 0.3 is 0 Å². The van der Waals surface area contributed by atoms with E-state index in [9.17, 15) is 0 Å². The van der Waals surface area contributed by atoms with E-state index >= 15 is 0 Å². The number of nitrogens with two attached hydrogens (primary N) is 1. The largest absolute Gasteiger partial charge is 0.327 e. The molecule has 0 aromatic carbocycles. The van der Waals surface area contributed by atoms with Gasteiger partial charge in [-0.15, -0.1) is 0 Å². The van der Waals surface area contributed by atoms with Gasteiger partial charge in [0.15, 0.2) is 0 Å². The molecular weight excluding hydrogens is 148 g/mol. The summed E-state index contributed by atoms with van der Waals surface area (Å²) in [6.45, 7) is 7.99. The molecule has 1 unspecified atom stereocenters. The van der Waals surface area contributed by atoms with Gasteiger partial charge in [0.25, 0.3) is 0 Å². The maximum Gasteiger partial charge on any atom is 0.0139 e. The third kappa shape index (κ3) is 3.11.